The van der Waals surface area contributed by atoms with Gasteiger partial charge in [-0.3, -0.25) is 9.69 Å². The minimum absolute atomic E-state index is 0.107. The summed E-state index contributed by atoms with van der Waals surface area (Å²) < 4.78 is 2.29. The molecule has 6 aliphatic rings. The van der Waals surface area contributed by atoms with E-state index in [1.54, 1.807) is 0 Å². The standard InChI is InChI=1S/C26H34N2O2/c1-17-12-20-4-2-9-24-10-3-11-25(14-17,28(20)24)26(30)16-21-6-8-23(29)22-7-5-19(27(21)22)13-18(26)15-24/h5,7,13,17,20-21,30H,2-4,6,8-12,14-16H2,1H3/t17-,20+,21+,24-,25-,26+/m1/s1. The molecule has 4 fully saturated rings. The first-order chi connectivity index (χ1) is 14.5. The van der Waals surface area contributed by atoms with E-state index in [1.165, 1.54) is 44.1 Å². The summed E-state index contributed by atoms with van der Waals surface area (Å²) in [5, 5.41) is 12.8. The average molecular weight is 407 g/mol. The van der Waals surface area contributed by atoms with Crippen LogP contribution in [-0.4, -0.2) is 43.1 Å². The quantitative estimate of drug-likeness (QED) is 0.668. The zero-order chi connectivity index (χ0) is 20.3. The minimum Gasteiger partial charge on any atom is -0.383 e. The van der Waals surface area contributed by atoms with Gasteiger partial charge in [-0.2, -0.15) is 0 Å². The molecule has 1 N–H and O–H groups in total. The Morgan fingerprint density at radius 3 is 2.83 bits per heavy atom. The number of ketones is 1. The first-order valence-electron chi connectivity index (χ1n) is 12.4. The normalized spacial score (nSPS) is 46.9. The Bertz CT molecular complexity index is 974. The second kappa shape index (κ2) is 5.69. The molecule has 4 heteroatoms. The Kier molecular flexibility index (Phi) is 3.45. The van der Waals surface area contributed by atoms with E-state index in [2.05, 4.69) is 28.5 Å². The highest BCUT2D eigenvalue weighted by Crippen LogP contribution is 2.65. The number of Topliss-reactive ketones (excluding diaryl/α,β-unsaturated/α-hetero) is 1. The molecule has 30 heavy (non-hydrogen) atoms. The van der Waals surface area contributed by atoms with Crippen LogP contribution in [0.15, 0.2) is 17.7 Å². The number of nitrogens with zero attached hydrogens (tertiary/aromatic N) is 2. The van der Waals surface area contributed by atoms with Crippen LogP contribution < -0.4 is 0 Å². The molecule has 0 aromatic carbocycles. The van der Waals surface area contributed by atoms with Crippen LogP contribution in [0.25, 0.3) is 6.08 Å². The molecule has 0 radical (unpaired) electrons. The van der Waals surface area contributed by atoms with Gasteiger partial charge in [0.2, 0.25) is 0 Å². The second-order valence-corrected chi connectivity index (χ2v) is 11.6. The number of rotatable bonds is 0. The number of hydrogen-bond acceptors (Lipinski definition) is 3. The molecule has 0 amide bonds. The van der Waals surface area contributed by atoms with Gasteiger partial charge in [-0.1, -0.05) is 13.3 Å². The Labute approximate surface area is 179 Å². The van der Waals surface area contributed by atoms with Gasteiger partial charge in [0.05, 0.1) is 11.2 Å². The van der Waals surface area contributed by atoms with Gasteiger partial charge in [0.1, 0.15) is 5.60 Å². The van der Waals surface area contributed by atoms with E-state index in [1.807, 2.05) is 6.07 Å². The lowest BCUT2D eigenvalue weighted by Crippen LogP contribution is -2.81. The zero-order valence-electron chi connectivity index (χ0n) is 18.2. The van der Waals surface area contributed by atoms with Crippen LogP contribution in [0.2, 0.25) is 0 Å². The molecule has 1 aromatic rings. The van der Waals surface area contributed by atoms with Gasteiger partial charge < -0.3 is 9.67 Å². The van der Waals surface area contributed by atoms with E-state index >= 15 is 0 Å². The van der Waals surface area contributed by atoms with Crippen molar-refractivity contribution < 1.29 is 9.90 Å². The van der Waals surface area contributed by atoms with Crippen molar-refractivity contribution in [2.24, 2.45) is 5.92 Å². The van der Waals surface area contributed by atoms with Gasteiger partial charge in [-0.25, -0.2) is 0 Å². The van der Waals surface area contributed by atoms with Crippen molar-refractivity contribution in [1.82, 2.24) is 9.47 Å². The topological polar surface area (TPSA) is 45.5 Å². The summed E-state index contributed by atoms with van der Waals surface area (Å²) in [6, 6.07) is 5.05. The summed E-state index contributed by atoms with van der Waals surface area (Å²) in [4.78, 5) is 15.5. The summed E-state index contributed by atoms with van der Waals surface area (Å²) in [5.74, 6) is 0.946. The highest BCUT2D eigenvalue weighted by atomic mass is 16.3. The highest BCUT2D eigenvalue weighted by molar-refractivity contribution is 5.96. The van der Waals surface area contributed by atoms with Crippen molar-refractivity contribution in [3.8, 4) is 0 Å². The van der Waals surface area contributed by atoms with Gasteiger partial charge in [-0.05, 0) is 87.5 Å². The van der Waals surface area contributed by atoms with Crippen LogP contribution in [0, 0.1) is 5.92 Å². The molecule has 2 bridgehead atoms. The van der Waals surface area contributed by atoms with Crippen molar-refractivity contribution in [3.05, 3.63) is 29.1 Å². The maximum absolute atomic E-state index is 12.8. The van der Waals surface area contributed by atoms with Crippen LogP contribution in [-0.2, 0) is 0 Å². The highest BCUT2D eigenvalue weighted by Gasteiger charge is 2.70. The number of hydrogen-bond donors (Lipinski definition) is 1. The molecule has 0 saturated carbocycles. The molecule has 4 nitrogen and oxygen atoms in total. The lowest BCUT2D eigenvalue weighted by molar-refractivity contribution is -0.244. The number of piperidine rings is 4. The molecule has 7 heterocycles. The molecule has 6 atom stereocenters. The first kappa shape index (κ1) is 18.2. The van der Waals surface area contributed by atoms with E-state index in [-0.39, 0.29) is 22.9 Å². The molecule has 160 valence electrons. The van der Waals surface area contributed by atoms with Crippen LogP contribution in [0.5, 0.6) is 0 Å². The Morgan fingerprint density at radius 2 is 1.93 bits per heavy atom. The van der Waals surface area contributed by atoms with E-state index in [0.29, 0.717) is 18.4 Å². The van der Waals surface area contributed by atoms with E-state index in [4.69, 9.17) is 0 Å². The zero-order valence-corrected chi connectivity index (χ0v) is 18.2. The number of fused-ring (bicyclic) bond motifs is 1. The molecular formula is C26H34N2O2. The predicted molar refractivity (Wildman–Crippen MR) is 116 cm³/mol. The van der Waals surface area contributed by atoms with Gasteiger partial charge >= 0.3 is 0 Å². The predicted octanol–water partition coefficient (Wildman–Crippen LogP) is 4.87. The third-order valence-corrected chi connectivity index (χ3v) is 10.1. The van der Waals surface area contributed by atoms with Crippen molar-refractivity contribution in [3.63, 3.8) is 0 Å². The largest absolute Gasteiger partial charge is 0.383 e. The van der Waals surface area contributed by atoms with Crippen LogP contribution in [0.3, 0.4) is 0 Å². The Balaban J connectivity index is 1.46. The summed E-state index contributed by atoms with van der Waals surface area (Å²) in [7, 11) is 0. The van der Waals surface area contributed by atoms with Crippen LogP contribution in [0.4, 0.5) is 0 Å². The van der Waals surface area contributed by atoms with Crippen molar-refractivity contribution >= 4 is 11.9 Å². The molecule has 0 unspecified atom stereocenters. The minimum atomic E-state index is -0.761. The van der Waals surface area contributed by atoms with E-state index < -0.39 is 5.60 Å². The lowest BCUT2D eigenvalue weighted by atomic mass is 9.50. The molecule has 6 aliphatic heterocycles. The maximum Gasteiger partial charge on any atom is 0.179 e. The third kappa shape index (κ3) is 1.99. The summed E-state index contributed by atoms with van der Waals surface area (Å²) in [6.45, 7) is 2.43. The van der Waals surface area contributed by atoms with Gasteiger partial charge in [0.25, 0.3) is 0 Å². The first-order valence-corrected chi connectivity index (χ1v) is 12.4. The molecule has 1 aromatic heterocycles. The van der Waals surface area contributed by atoms with Crippen LogP contribution >= 0.6 is 0 Å². The summed E-state index contributed by atoms with van der Waals surface area (Å²) >= 11 is 0. The maximum atomic E-state index is 12.8. The fraction of sp³-hybridized carbons (Fsp3) is 0.731. The second-order valence-electron chi connectivity index (χ2n) is 11.6. The van der Waals surface area contributed by atoms with Crippen molar-refractivity contribution in [2.75, 3.05) is 0 Å². The molecule has 4 saturated heterocycles. The van der Waals surface area contributed by atoms with Gasteiger partial charge in [-0.15, -0.1) is 0 Å². The number of aromatic nitrogens is 1. The Morgan fingerprint density at radius 1 is 1.07 bits per heavy atom. The SMILES string of the molecule is C[C@@H]1C[C@@H]2CCC[C@]34CCC[C@](C1)(N23)[C@]1(O)C[C@@H]2CCC(=O)c3ccc(n32)C=C1C4. The fourth-order valence-corrected chi connectivity index (χ4v) is 9.34. The third-order valence-electron chi connectivity index (χ3n) is 10.1. The number of aliphatic hydroxyl groups is 1. The van der Waals surface area contributed by atoms with Gasteiger partial charge in [0, 0.05) is 36.2 Å². The summed E-state index contributed by atoms with van der Waals surface area (Å²) in [6.07, 6.45) is 15.7. The number of carbonyl (C=O) groups excluding carboxylic acids is 1. The molecular weight excluding hydrogens is 372 g/mol. The van der Waals surface area contributed by atoms with Crippen molar-refractivity contribution in [2.45, 2.75) is 113 Å². The van der Waals surface area contributed by atoms with Crippen LogP contribution in [0.1, 0.15) is 106 Å². The fourth-order valence-electron chi connectivity index (χ4n) is 9.34. The molecule has 0 spiro atoms. The van der Waals surface area contributed by atoms with Gasteiger partial charge in [0.15, 0.2) is 5.78 Å². The average Bonchev–Trinajstić information content (AvgIpc) is 3.08. The summed E-state index contributed by atoms with van der Waals surface area (Å²) in [5.41, 5.74) is 2.70. The number of carbonyl (C=O) groups is 1. The van der Waals surface area contributed by atoms with E-state index in [9.17, 15) is 9.90 Å². The molecule has 0 aliphatic carbocycles. The van der Waals surface area contributed by atoms with Crippen molar-refractivity contribution in [1.29, 1.82) is 0 Å². The molecule has 7 rings (SSSR count). The smallest absolute Gasteiger partial charge is 0.179 e. The monoisotopic (exact) mass is 406 g/mol. The van der Waals surface area contributed by atoms with E-state index in [0.717, 1.165) is 43.5 Å². The lowest BCUT2D eigenvalue weighted by Gasteiger charge is -2.74. The Hall–Kier alpha value is -1.39.